The molecule has 0 aliphatic rings. The molecule has 0 unspecified atom stereocenters. The van der Waals surface area contributed by atoms with Gasteiger partial charge in [0.2, 0.25) is 0 Å². The highest BCUT2D eigenvalue weighted by Gasteiger charge is 2.10. The number of urea groups is 1. The van der Waals surface area contributed by atoms with E-state index in [1.165, 1.54) is 5.56 Å². The van der Waals surface area contributed by atoms with Crippen LogP contribution in [0.3, 0.4) is 0 Å². The fourth-order valence-corrected chi connectivity index (χ4v) is 4.14. The van der Waals surface area contributed by atoms with Gasteiger partial charge in [0.1, 0.15) is 23.7 Å². The van der Waals surface area contributed by atoms with Gasteiger partial charge in [-0.25, -0.2) is 14.8 Å². The zero-order valence-corrected chi connectivity index (χ0v) is 23.3. The van der Waals surface area contributed by atoms with Crippen molar-refractivity contribution in [2.24, 2.45) is 0 Å². The summed E-state index contributed by atoms with van der Waals surface area (Å²) in [5, 5.41) is 14.5. The second-order valence-corrected chi connectivity index (χ2v) is 9.49. The Morgan fingerprint density at radius 1 is 0.902 bits per heavy atom. The number of nitrogens with one attached hydrogen (secondary N) is 2. The average molecular weight is 560 g/mol. The number of anilines is 1. The summed E-state index contributed by atoms with van der Waals surface area (Å²) in [5.41, 5.74) is 3.91. The molecule has 2 aromatic carbocycles. The van der Waals surface area contributed by atoms with Crippen LogP contribution in [-0.4, -0.2) is 71.8 Å². The maximum Gasteiger partial charge on any atom is 0.320 e. The minimum Gasteiger partial charge on any atom is -0.491 e. The molecule has 4 aromatic rings. The minimum absolute atomic E-state index is 0.00719. The van der Waals surface area contributed by atoms with Gasteiger partial charge in [0.05, 0.1) is 44.9 Å². The van der Waals surface area contributed by atoms with Crippen LogP contribution >= 0.6 is 0 Å². The number of aromatic nitrogens is 3. The van der Waals surface area contributed by atoms with Crippen molar-refractivity contribution in [3.8, 4) is 17.0 Å². The number of carbonyl (C=O) groups is 1. The summed E-state index contributed by atoms with van der Waals surface area (Å²) in [7, 11) is 0. The third-order valence-electron chi connectivity index (χ3n) is 6.23. The first-order chi connectivity index (χ1) is 20.1. The summed E-state index contributed by atoms with van der Waals surface area (Å²) in [6, 6.07) is 21.1. The number of nitrogens with zero attached hydrogens (tertiary/aromatic N) is 3. The molecule has 0 spiro atoms. The van der Waals surface area contributed by atoms with Gasteiger partial charge in [-0.2, -0.15) is 0 Å². The Morgan fingerprint density at radius 3 is 2.44 bits per heavy atom. The van der Waals surface area contributed by atoms with E-state index in [1.54, 1.807) is 18.3 Å². The Bertz CT molecular complexity index is 1350. The molecule has 41 heavy (non-hydrogen) atoms. The lowest BCUT2D eigenvalue weighted by Gasteiger charge is -2.14. The summed E-state index contributed by atoms with van der Waals surface area (Å²) >= 11 is 0. The van der Waals surface area contributed by atoms with E-state index in [1.807, 2.05) is 49.4 Å². The van der Waals surface area contributed by atoms with Crippen LogP contribution in [0.2, 0.25) is 0 Å². The third kappa shape index (κ3) is 10.1. The number of aryl methyl sites for hydroxylation is 1. The predicted molar refractivity (Wildman–Crippen MR) is 158 cm³/mol. The number of amides is 2. The van der Waals surface area contributed by atoms with E-state index in [0.717, 1.165) is 24.8 Å². The van der Waals surface area contributed by atoms with Crippen LogP contribution in [0, 0.1) is 0 Å². The SMILES string of the molecule is C[C@H](CCCc1ccccc1)NC(=O)Nc1ccc2ncc(-c3ccc(OCCOCCOCCO)cc3)nc2n1. The number of rotatable bonds is 16. The Hall–Kier alpha value is -4.12. The van der Waals surface area contributed by atoms with Gasteiger partial charge in [0, 0.05) is 11.6 Å². The minimum atomic E-state index is -0.302. The van der Waals surface area contributed by atoms with Crippen LogP contribution in [0.15, 0.2) is 72.9 Å². The van der Waals surface area contributed by atoms with Gasteiger partial charge in [-0.1, -0.05) is 30.3 Å². The second-order valence-electron chi connectivity index (χ2n) is 9.49. The zero-order chi connectivity index (χ0) is 28.7. The Kier molecular flexibility index (Phi) is 11.8. The van der Waals surface area contributed by atoms with E-state index < -0.39 is 0 Å². The van der Waals surface area contributed by atoms with Crippen molar-refractivity contribution in [3.63, 3.8) is 0 Å². The first-order valence-corrected chi connectivity index (χ1v) is 13.9. The first-order valence-electron chi connectivity index (χ1n) is 13.9. The zero-order valence-electron chi connectivity index (χ0n) is 23.3. The topological polar surface area (TPSA) is 128 Å². The number of benzene rings is 2. The molecule has 216 valence electrons. The third-order valence-corrected chi connectivity index (χ3v) is 6.23. The number of fused-ring (bicyclic) bond motifs is 1. The highest BCUT2D eigenvalue weighted by molar-refractivity contribution is 5.89. The largest absolute Gasteiger partial charge is 0.491 e. The molecular formula is C31H37N5O5. The Labute approximate surface area is 240 Å². The van der Waals surface area contributed by atoms with Crippen LogP contribution in [0.25, 0.3) is 22.4 Å². The maximum atomic E-state index is 12.5. The number of pyridine rings is 1. The van der Waals surface area contributed by atoms with Crippen LogP contribution in [0.1, 0.15) is 25.3 Å². The number of carbonyl (C=O) groups excluding carboxylic acids is 1. The molecule has 0 aliphatic heterocycles. The van der Waals surface area contributed by atoms with Gasteiger partial charge < -0.3 is 24.6 Å². The molecule has 0 saturated heterocycles. The molecule has 10 heteroatoms. The molecule has 0 bridgehead atoms. The summed E-state index contributed by atoms with van der Waals surface area (Å²) in [5.74, 6) is 1.12. The van der Waals surface area contributed by atoms with Crippen molar-refractivity contribution >= 4 is 23.0 Å². The van der Waals surface area contributed by atoms with Crippen molar-refractivity contribution in [2.75, 3.05) is 45.0 Å². The van der Waals surface area contributed by atoms with Gasteiger partial charge in [-0.3, -0.25) is 10.3 Å². The molecule has 1 atom stereocenters. The van der Waals surface area contributed by atoms with E-state index in [0.29, 0.717) is 61.5 Å². The molecule has 0 radical (unpaired) electrons. The fraction of sp³-hybridized carbons (Fsp3) is 0.355. The molecule has 0 aliphatic carbocycles. The highest BCUT2D eigenvalue weighted by atomic mass is 16.5. The van der Waals surface area contributed by atoms with Crippen molar-refractivity contribution < 1.29 is 24.1 Å². The second kappa shape index (κ2) is 16.2. The van der Waals surface area contributed by atoms with E-state index in [2.05, 4.69) is 37.7 Å². The molecule has 4 rings (SSSR count). The van der Waals surface area contributed by atoms with Crippen molar-refractivity contribution in [2.45, 2.75) is 32.2 Å². The Balaban J connectivity index is 1.25. The maximum absolute atomic E-state index is 12.5. The van der Waals surface area contributed by atoms with Crippen LogP contribution < -0.4 is 15.4 Å². The number of hydrogen-bond acceptors (Lipinski definition) is 8. The lowest BCUT2D eigenvalue weighted by Crippen LogP contribution is -2.36. The van der Waals surface area contributed by atoms with Crippen LogP contribution in [0.5, 0.6) is 5.75 Å². The predicted octanol–water partition coefficient (Wildman–Crippen LogP) is 4.63. The normalized spacial score (nSPS) is 11.8. The van der Waals surface area contributed by atoms with Crippen LogP contribution in [0.4, 0.5) is 10.6 Å². The van der Waals surface area contributed by atoms with E-state index in [-0.39, 0.29) is 18.7 Å². The number of aliphatic hydroxyl groups excluding tert-OH is 1. The number of hydrogen-bond donors (Lipinski definition) is 3. The summed E-state index contributed by atoms with van der Waals surface area (Å²) < 4.78 is 16.3. The average Bonchev–Trinajstić information content (AvgIpc) is 2.99. The Morgan fingerprint density at radius 2 is 1.66 bits per heavy atom. The van der Waals surface area contributed by atoms with E-state index in [4.69, 9.17) is 19.3 Å². The monoisotopic (exact) mass is 559 g/mol. The smallest absolute Gasteiger partial charge is 0.320 e. The summed E-state index contributed by atoms with van der Waals surface area (Å²) in [6.07, 6.45) is 4.54. The van der Waals surface area contributed by atoms with Crippen molar-refractivity contribution in [3.05, 3.63) is 78.5 Å². The number of aliphatic hydroxyl groups is 1. The van der Waals surface area contributed by atoms with Gasteiger partial charge in [-0.05, 0) is 68.1 Å². The van der Waals surface area contributed by atoms with Gasteiger partial charge >= 0.3 is 6.03 Å². The number of ether oxygens (including phenoxy) is 3. The first kappa shape index (κ1) is 29.9. The highest BCUT2D eigenvalue weighted by Crippen LogP contribution is 2.22. The molecule has 0 saturated carbocycles. The molecule has 3 N–H and O–H groups in total. The summed E-state index contributed by atoms with van der Waals surface area (Å²) in [4.78, 5) is 26.2. The molecular weight excluding hydrogens is 522 g/mol. The quantitative estimate of drug-likeness (QED) is 0.170. The standard InChI is InChI=1S/C31H37N5O5/c1-23(6-5-9-24-7-3-2-4-8-24)33-31(38)36-29-15-14-27-30(35-29)34-28(22-32-27)25-10-12-26(13-11-25)41-21-20-40-19-18-39-17-16-37/h2-4,7-8,10-15,22-23,37H,5-6,9,16-21H2,1H3,(H2,33,34,35,36,38)/t23-/m1/s1. The van der Waals surface area contributed by atoms with Crippen LogP contribution in [-0.2, 0) is 15.9 Å². The fourth-order valence-electron chi connectivity index (χ4n) is 4.14. The molecule has 2 heterocycles. The summed E-state index contributed by atoms with van der Waals surface area (Å²) in [6.45, 7) is 4.06. The molecule has 2 aromatic heterocycles. The lowest BCUT2D eigenvalue weighted by atomic mass is 10.1. The van der Waals surface area contributed by atoms with Crippen molar-refractivity contribution in [1.82, 2.24) is 20.3 Å². The van der Waals surface area contributed by atoms with E-state index in [9.17, 15) is 4.79 Å². The van der Waals surface area contributed by atoms with Gasteiger partial charge in [-0.15, -0.1) is 0 Å². The van der Waals surface area contributed by atoms with E-state index >= 15 is 0 Å². The van der Waals surface area contributed by atoms with Crippen molar-refractivity contribution in [1.29, 1.82) is 0 Å². The van der Waals surface area contributed by atoms with Gasteiger partial charge in [0.15, 0.2) is 5.65 Å². The lowest BCUT2D eigenvalue weighted by molar-refractivity contribution is 0.0247. The molecule has 0 fully saturated rings. The molecule has 2 amide bonds. The van der Waals surface area contributed by atoms with Gasteiger partial charge in [0.25, 0.3) is 0 Å². The molecule has 10 nitrogen and oxygen atoms in total.